The molecule has 38 heavy (non-hydrogen) atoms. The van der Waals surface area contributed by atoms with Gasteiger partial charge in [-0.15, -0.1) is 0 Å². The Morgan fingerprint density at radius 3 is 2.42 bits per heavy atom. The van der Waals surface area contributed by atoms with Gasteiger partial charge in [0.15, 0.2) is 6.61 Å². The number of anilines is 2. The first-order valence-corrected chi connectivity index (χ1v) is 13.0. The second-order valence-corrected chi connectivity index (χ2v) is 9.83. The third-order valence-corrected chi connectivity index (χ3v) is 7.54. The number of nitrogens with one attached hydrogen (secondary N) is 1. The van der Waals surface area contributed by atoms with E-state index in [9.17, 15) is 19.2 Å². The second kappa shape index (κ2) is 11.0. The maximum absolute atomic E-state index is 13.4. The Labute approximate surface area is 221 Å². The minimum Gasteiger partial charge on any atom is -0.452 e. The fraction of sp³-hybridized carbons (Fsp3) is 0.290. The van der Waals surface area contributed by atoms with Gasteiger partial charge in [0.1, 0.15) is 0 Å². The van der Waals surface area contributed by atoms with Crippen LogP contribution in [0.5, 0.6) is 0 Å². The van der Waals surface area contributed by atoms with Gasteiger partial charge in [-0.3, -0.25) is 19.3 Å². The van der Waals surface area contributed by atoms with Gasteiger partial charge in [-0.25, -0.2) is 4.79 Å². The number of fused-ring (bicyclic) bond motifs is 1. The van der Waals surface area contributed by atoms with E-state index in [2.05, 4.69) is 17.4 Å². The van der Waals surface area contributed by atoms with Gasteiger partial charge in [0.25, 0.3) is 5.91 Å². The van der Waals surface area contributed by atoms with Crippen LogP contribution < -0.4 is 10.2 Å². The van der Waals surface area contributed by atoms with E-state index in [1.54, 1.807) is 24.3 Å². The molecule has 194 valence electrons. The molecule has 0 aromatic heterocycles. The lowest BCUT2D eigenvalue weighted by molar-refractivity contribution is -0.122. The lowest BCUT2D eigenvalue weighted by atomic mass is 9.73. The van der Waals surface area contributed by atoms with Crippen molar-refractivity contribution < 1.29 is 23.9 Å². The molecule has 1 saturated carbocycles. The fourth-order valence-electron chi connectivity index (χ4n) is 5.58. The zero-order valence-electron chi connectivity index (χ0n) is 21.3. The van der Waals surface area contributed by atoms with Crippen LogP contribution in [-0.2, 0) is 25.5 Å². The number of carbonyl (C=O) groups is 4. The number of amides is 3. The lowest BCUT2D eigenvalue weighted by Gasteiger charge is -2.28. The molecule has 7 heteroatoms. The summed E-state index contributed by atoms with van der Waals surface area (Å²) in [6.07, 6.45) is 2.90. The summed E-state index contributed by atoms with van der Waals surface area (Å²) < 4.78 is 5.23. The molecular formula is C31H30N2O5. The molecule has 3 amide bonds. The summed E-state index contributed by atoms with van der Waals surface area (Å²) in [5.41, 5.74) is 3.37. The molecule has 1 aliphatic carbocycles. The highest BCUT2D eigenvalue weighted by Gasteiger charge is 2.50. The summed E-state index contributed by atoms with van der Waals surface area (Å²) in [6.45, 7) is 1.54. The van der Waals surface area contributed by atoms with Crippen LogP contribution in [0.25, 0.3) is 0 Å². The summed E-state index contributed by atoms with van der Waals surface area (Å²) in [5, 5.41) is 2.77. The molecule has 7 nitrogen and oxygen atoms in total. The first-order valence-electron chi connectivity index (χ1n) is 13.0. The van der Waals surface area contributed by atoms with Gasteiger partial charge in [0.2, 0.25) is 11.8 Å². The lowest BCUT2D eigenvalue weighted by Crippen LogP contribution is -2.31. The third kappa shape index (κ3) is 5.09. The van der Waals surface area contributed by atoms with Crippen molar-refractivity contribution in [2.24, 2.45) is 11.8 Å². The number of nitrogens with zero attached hydrogens (tertiary/aromatic N) is 1. The Hall–Kier alpha value is -4.26. The van der Waals surface area contributed by atoms with E-state index in [1.165, 1.54) is 16.5 Å². The minimum absolute atomic E-state index is 0.168. The molecule has 0 spiro atoms. The molecule has 0 unspecified atom stereocenters. The second-order valence-electron chi connectivity index (χ2n) is 9.83. The number of carbonyl (C=O) groups excluding carboxylic acids is 4. The molecule has 3 atom stereocenters. The summed E-state index contributed by atoms with van der Waals surface area (Å²) in [7, 11) is 0. The molecular weight excluding hydrogens is 480 g/mol. The molecule has 2 fully saturated rings. The van der Waals surface area contributed by atoms with Crippen LogP contribution in [0.4, 0.5) is 11.4 Å². The topological polar surface area (TPSA) is 92.8 Å². The number of hydrogen-bond acceptors (Lipinski definition) is 5. The Morgan fingerprint density at radius 2 is 1.63 bits per heavy atom. The Balaban J connectivity index is 1.24. The highest BCUT2D eigenvalue weighted by atomic mass is 16.5. The number of aryl methyl sites for hydroxylation is 1. The highest BCUT2D eigenvalue weighted by molar-refractivity contribution is 6.22. The SMILES string of the molecule is CCc1ccccc1NC(=O)COC(=O)c1cccc(N2C(=O)[C@@H]3CC[C@H](c4ccccc4)C[C@H]3C2=O)c1. The van der Waals surface area contributed by atoms with E-state index < -0.39 is 18.5 Å². The van der Waals surface area contributed by atoms with Gasteiger partial charge in [0.05, 0.1) is 23.1 Å². The third-order valence-electron chi connectivity index (χ3n) is 7.54. The average molecular weight is 511 g/mol. The Kier molecular flexibility index (Phi) is 7.36. The summed E-state index contributed by atoms with van der Waals surface area (Å²) in [5.74, 6) is -2.06. The van der Waals surface area contributed by atoms with Crippen LogP contribution >= 0.6 is 0 Å². The molecule has 5 rings (SSSR count). The van der Waals surface area contributed by atoms with Crippen molar-refractivity contribution in [1.82, 2.24) is 0 Å². The van der Waals surface area contributed by atoms with E-state index >= 15 is 0 Å². The standard InChI is InChI=1S/C31H30N2O5/c1-2-20-9-6-7-14-27(20)32-28(34)19-38-31(37)23-12-8-13-24(17-23)33-29(35)25-16-15-22(18-26(25)30(33)36)21-10-4-3-5-11-21/h3-14,17,22,25-26H,2,15-16,18-19H2,1H3,(H,32,34)/t22-,25+,26+/m0/s1. The molecule has 0 radical (unpaired) electrons. The smallest absolute Gasteiger partial charge is 0.338 e. The van der Waals surface area contributed by atoms with Gasteiger partial charge in [-0.1, -0.05) is 61.5 Å². The predicted octanol–water partition coefficient (Wildman–Crippen LogP) is 5.12. The predicted molar refractivity (Wildman–Crippen MR) is 144 cm³/mol. The summed E-state index contributed by atoms with van der Waals surface area (Å²) >= 11 is 0. The number of rotatable bonds is 7. The molecule has 3 aromatic carbocycles. The fourth-order valence-corrected chi connectivity index (χ4v) is 5.58. The monoisotopic (exact) mass is 510 g/mol. The van der Waals surface area contributed by atoms with E-state index in [-0.39, 0.29) is 35.1 Å². The van der Waals surface area contributed by atoms with E-state index in [4.69, 9.17) is 4.74 Å². The first-order chi connectivity index (χ1) is 18.5. The van der Waals surface area contributed by atoms with Crippen LogP contribution in [0.3, 0.4) is 0 Å². The largest absolute Gasteiger partial charge is 0.452 e. The van der Waals surface area contributed by atoms with Crippen LogP contribution in [-0.4, -0.2) is 30.3 Å². The van der Waals surface area contributed by atoms with E-state index in [0.29, 0.717) is 24.2 Å². The molecule has 1 heterocycles. The van der Waals surface area contributed by atoms with Crippen molar-refractivity contribution in [3.63, 3.8) is 0 Å². The molecule has 1 aliphatic heterocycles. The number of para-hydroxylation sites is 1. The molecule has 2 aliphatic rings. The van der Waals surface area contributed by atoms with Crippen molar-refractivity contribution in [3.05, 3.63) is 95.6 Å². The van der Waals surface area contributed by atoms with Crippen molar-refractivity contribution in [2.45, 2.75) is 38.5 Å². The number of hydrogen-bond donors (Lipinski definition) is 1. The minimum atomic E-state index is -0.702. The molecule has 0 bridgehead atoms. The normalized spacial score (nSPS) is 20.7. The summed E-state index contributed by atoms with van der Waals surface area (Å²) in [4.78, 5) is 52.9. The average Bonchev–Trinajstić information content (AvgIpc) is 3.21. The van der Waals surface area contributed by atoms with Crippen LogP contribution in [0.15, 0.2) is 78.9 Å². The highest BCUT2D eigenvalue weighted by Crippen LogP contribution is 2.45. The number of imide groups is 1. The maximum atomic E-state index is 13.4. The zero-order chi connectivity index (χ0) is 26.6. The Morgan fingerprint density at radius 1 is 0.895 bits per heavy atom. The van der Waals surface area contributed by atoms with Crippen LogP contribution in [0, 0.1) is 11.8 Å². The van der Waals surface area contributed by atoms with Gasteiger partial charge < -0.3 is 10.1 Å². The van der Waals surface area contributed by atoms with Crippen molar-refractivity contribution in [2.75, 3.05) is 16.8 Å². The molecule has 1 saturated heterocycles. The number of benzene rings is 3. The number of ether oxygens (including phenoxy) is 1. The van der Waals surface area contributed by atoms with Gasteiger partial charge in [-0.05, 0) is 67.0 Å². The van der Waals surface area contributed by atoms with Crippen molar-refractivity contribution >= 4 is 35.1 Å². The van der Waals surface area contributed by atoms with Gasteiger partial charge in [0, 0.05) is 5.69 Å². The van der Waals surface area contributed by atoms with Crippen LogP contribution in [0.2, 0.25) is 0 Å². The van der Waals surface area contributed by atoms with E-state index in [0.717, 1.165) is 18.4 Å². The number of esters is 1. The first kappa shape index (κ1) is 25.4. The Bertz CT molecular complexity index is 1370. The van der Waals surface area contributed by atoms with Crippen molar-refractivity contribution in [3.8, 4) is 0 Å². The summed E-state index contributed by atoms with van der Waals surface area (Å²) in [6, 6.07) is 23.8. The molecule has 1 N–H and O–H groups in total. The van der Waals surface area contributed by atoms with Crippen LogP contribution in [0.1, 0.15) is 53.6 Å². The van der Waals surface area contributed by atoms with Gasteiger partial charge >= 0.3 is 5.97 Å². The van der Waals surface area contributed by atoms with Crippen molar-refractivity contribution in [1.29, 1.82) is 0 Å². The zero-order valence-corrected chi connectivity index (χ0v) is 21.3. The quantitative estimate of drug-likeness (QED) is 0.352. The maximum Gasteiger partial charge on any atom is 0.338 e. The molecule has 3 aromatic rings. The van der Waals surface area contributed by atoms with Gasteiger partial charge in [-0.2, -0.15) is 0 Å². The van der Waals surface area contributed by atoms with E-state index in [1.807, 2.05) is 43.3 Å².